The summed E-state index contributed by atoms with van der Waals surface area (Å²) in [5.41, 5.74) is 0.138. The van der Waals surface area contributed by atoms with Crippen molar-refractivity contribution in [1.82, 2.24) is 0 Å². The largest absolute Gasteiger partial charge is 0.388 e. The van der Waals surface area contributed by atoms with E-state index in [0.29, 0.717) is 21.3 Å². The standard InChI is InChI=1S/C13H14Cl3NO2/c1-13(2,18)12-7(6-14)11(17-19-12)10-8(15)4-3-5-9(10)16/h3-5,7,12,18H,6H2,1-2H3. The van der Waals surface area contributed by atoms with Crippen molar-refractivity contribution < 1.29 is 9.94 Å². The summed E-state index contributed by atoms with van der Waals surface area (Å²) in [5, 5.41) is 15.1. The van der Waals surface area contributed by atoms with Crippen LogP contribution in [0.15, 0.2) is 23.4 Å². The summed E-state index contributed by atoms with van der Waals surface area (Å²) in [4.78, 5) is 5.33. The van der Waals surface area contributed by atoms with Crippen LogP contribution in [-0.4, -0.2) is 28.4 Å². The number of hydrogen-bond acceptors (Lipinski definition) is 3. The summed E-state index contributed by atoms with van der Waals surface area (Å²) in [5.74, 6) is -0.00578. The van der Waals surface area contributed by atoms with Gasteiger partial charge in [0.05, 0.1) is 27.3 Å². The van der Waals surface area contributed by atoms with Gasteiger partial charge in [0.15, 0.2) is 6.10 Å². The molecule has 2 atom stereocenters. The third kappa shape index (κ3) is 2.84. The lowest BCUT2D eigenvalue weighted by Crippen LogP contribution is -2.43. The fraction of sp³-hybridized carbons (Fsp3) is 0.462. The molecular formula is C13H14Cl3NO2. The Bertz CT molecular complexity index is 491. The second kappa shape index (κ2) is 5.49. The van der Waals surface area contributed by atoms with Crippen LogP contribution in [0.2, 0.25) is 10.0 Å². The number of aliphatic hydroxyl groups is 1. The van der Waals surface area contributed by atoms with Gasteiger partial charge in [-0.1, -0.05) is 34.4 Å². The minimum absolute atomic E-state index is 0.259. The van der Waals surface area contributed by atoms with Gasteiger partial charge in [-0.15, -0.1) is 11.6 Å². The van der Waals surface area contributed by atoms with E-state index in [4.69, 9.17) is 39.6 Å². The maximum absolute atomic E-state index is 10.1. The van der Waals surface area contributed by atoms with E-state index in [2.05, 4.69) is 5.16 Å². The average molecular weight is 323 g/mol. The SMILES string of the molecule is CC(C)(O)C1ON=C(c2c(Cl)cccc2Cl)C1CCl. The quantitative estimate of drug-likeness (QED) is 0.862. The summed E-state index contributed by atoms with van der Waals surface area (Å²) in [6, 6.07) is 5.22. The van der Waals surface area contributed by atoms with Crippen molar-refractivity contribution in [2.24, 2.45) is 11.1 Å². The summed E-state index contributed by atoms with van der Waals surface area (Å²) >= 11 is 18.3. The highest BCUT2D eigenvalue weighted by atomic mass is 35.5. The van der Waals surface area contributed by atoms with Crippen LogP contribution in [0, 0.1) is 5.92 Å². The molecule has 0 saturated heterocycles. The number of rotatable bonds is 3. The van der Waals surface area contributed by atoms with Crippen molar-refractivity contribution in [3.05, 3.63) is 33.8 Å². The van der Waals surface area contributed by atoms with E-state index in [9.17, 15) is 5.11 Å². The number of halogens is 3. The highest BCUT2D eigenvalue weighted by Gasteiger charge is 2.44. The molecule has 2 rings (SSSR count). The molecule has 0 aromatic heterocycles. The fourth-order valence-corrected chi connectivity index (χ4v) is 3.05. The Balaban J connectivity index is 2.42. The molecule has 1 heterocycles. The first-order valence-corrected chi connectivity index (χ1v) is 7.11. The van der Waals surface area contributed by atoms with Crippen molar-refractivity contribution in [1.29, 1.82) is 0 Å². The zero-order valence-corrected chi connectivity index (χ0v) is 12.8. The van der Waals surface area contributed by atoms with E-state index in [-0.39, 0.29) is 11.8 Å². The van der Waals surface area contributed by atoms with Gasteiger partial charge in [0, 0.05) is 11.4 Å². The van der Waals surface area contributed by atoms with E-state index in [1.54, 1.807) is 32.0 Å². The molecule has 0 radical (unpaired) electrons. The summed E-state index contributed by atoms with van der Waals surface area (Å²) in [6.07, 6.45) is -0.521. The van der Waals surface area contributed by atoms with Gasteiger partial charge in [-0.05, 0) is 26.0 Å². The second-order valence-electron chi connectivity index (χ2n) is 5.01. The number of benzene rings is 1. The van der Waals surface area contributed by atoms with Crippen molar-refractivity contribution in [2.75, 3.05) is 5.88 Å². The Kier molecular flexibility index (Phi) is 4.31. The van der Waals surface area contributed by atoms with Gasteiger partial charge in [0.1, 0.15) is 0 Å². The van der Waals surface area contributed by atoms with Gasteiger partial charge in [0.2, 0.25) is 0 Å². The summed E-state index contributed by atoms with van der Waals surface area (Å²) in [7, 11) is 0. The Labute approximate surface area is 127 Å². The predicted octanol–water partition coefficient (Wildman–Crippen LogP) is 3.72. The van der Waals surface area contributed by atoms with Crippen LogP contribution in [0.4, 0.5) is 0 Å². The van der Waals surface area contributed by atoms with E-state index >= 15 is 0 Å². The van der Waals surface area contributed by atoms with E-state index in [1.807, 2.05) is 0 Å². The van der Waals surface area contributed by atoms with Crippen LogP contribution in [0.3, 0.4) is 0 Å². The zero-order chi connectivity index (χ0) is 14.2. The molecule has 0 fully saturated rings. The third-order valence-corrected chi connectivity index (χ3v) is 4.03. The van der Waals surface area contributed by atoms with E-state index < -0.39 is 11.7 Å². The smallest absolute Gasteiger partial charge is 0.165 e. The van der Waals surface area contributed by atoms with E-state index in [0.717, 1.165) is 0 Å². The van der Waals surface area contributed by atoms with Gasteiger partial charge >= 0.3 is 0 Å². The Morgan fingerprint density at radius 1 is 1.32 bits per heavy atom. The molecular weight excluding hydrogens is 309 g/mol. The second-order valence-corrected chi connectivity index (χ2v) is 6.14. The lowest BCUT2D eigenvalue weighted by molar-refractivity contribution is -0.0855. The van der Waals surface area contributed by atoms with Gasteiger partial charge < -0.3 is 9.94 Å². The molecule has 0 saturated carbocycles. The maximum atomic E-state index is 10.1. The van der Waals surface area contributed by atoms with Crippen LogP contribution >= 0.6 is 34.8 Å². The van der Waals surface area contributed by atoms with Crippen molar-refractivity contribution >= 4 is 40.5 Å². The van der Waals surface area contributed by atoms with Crippen LogP contribution in [0.1, 0.15) is 19.4 Å². The molecule has 1 aromatic carbocycles. The van der Waals surface area contributed by atoms with Gasteiger partial charge in [-0.2, -0.15) is 0 Å². The van der Waals surface area contributed by atoms with Crippen molar-refractivity contribution in [2.45, 2.75) is 25.6 Å². The normalized spacial score (nSPS) is 23.2. The van der Waals surface area contributed by atoms with Crippen molar-refractivity contribution in [3.8, 4) is 0 Å². The molecule has 0 amide bonds. The zero-order valence-electron chi connectivity index (χ0n) is 10.5. The molecule has 104 valence electrons. The first-order valence-electron chi connectivity index (χ1n) is 5.82. The molecule has 1 aromatic rings. The Morgan fingerprint density at radius 2 is 1.89 bits per heavy atom. The lowest BCUT2D eigenvalue weighted by atomic mass is 9.86. The van der Waals surface area contributed by atoms with Crippen LogP contribution < -0.4 is 0 Å². The topological polar surface area (TPSA) is 41.8 Å². The molecule has 0 aliphatic carbocycles. The molecule has 6 heteroatoms. The highest BCUT2D eigenvalue weighted by Crippen LogP contribution is 2.35. The predicted molar refractivity (Wildman–Crippen MR) is 78.4 cm³/mol. The Morgan fingerprint density at radius 3 is 2.37 bits per heavy atom. The molecule has 0 spiro atoms. The first-order chi connectivity index (χ1) is 8.86. The first kappa shape index (κ1) is 14.9. The lowest BCUT2D eigenvalue weighted by Gasteiger charge is -2.27. The minimum Gasteiger partial charge on any atom is -0.388 e. The third-order valence-electron chi connectivity index (χ3n) is 3.06. The number of nitrogens with zero attached hydrogens (tertiary/aromatic N) is 1. The molecule has 19 heavy (non-hydrogen) atoms. The molecule has 3 nitrogen and oxygen atoms in total. The summed E-state index contributed by atoms with van der Waals surface area (Å²) < 4.78 is 0. The fourth-order valence-electron chi connectivity index (χ4n) is 2.15. The van der Waals surface area contributed by atoms with Crippen molar-refractivity contribution in [3.63, 3.8) is 0 Å². The van der Waals surface area contributed by atoms with Crippen LogP contribution in [0.5, 0.6) is 0 Å². The average Bonchev–Trinajstić information content (AvgIpc) is 2.72. The number of alkyl halides is 1. The number of hydrogen-bond donors (Lipinski definition) is 1. The summed E-state index contributed by atoms with van der Waals surface area (Å²) in [6.45, 7) is 3.31. The molecule has 1 aliphatic rings. The minimum atomic E-state index is -1.06. The van der Waals surface area contributed by atoms with Crippen LogP contribution in [0.25, 0.3) is 0 Å². The van der Waals surface area contributed by atoms with Gasteiger partial charge in [-0.3, -0.25) is 0 Å². The van der Waals surface area contributed by atoms with E-state index in [1.165, 1.54) is 0 Å². The van der Waals surface area contributed by atoms with Crippen LogP contribution in [-0.2, 0) is 4.84 Å². The molecule has 2 unspecified atom stereocenters. The molecule has 1 aliphatic heterocycles. The molecule has 0 bridgehead atoms. The highest BCUT2D eigenvalue weighted by molar-refractivity contribution is 6.40. The molecule has 1 N–H and O–H groups in total. The number of oxime groups is 1. The van der Waals surface area contributed by atoms with Gasteiger partial charge in [-0.25, -0.2) is 0 Å². The monoisotopic (exact) mass is 321 g/mol. The maximum Gasteiger partial charge on any atom is 0.165 e. The Hall–Kier alpha value is -0.480. The van der Waals surface area contributed by atoms with Gasteiger partial charge in [0.25, 0.3) is 0 Å².